The van der Waals surface area contributed by atoms with Gasteiger partial charge in [-0.05, 0) is 28.5 Å². The van der Waals surface area contributed by atoms with Crippen molar-refractivity contribution in [1.29, 1.82) is 0 Å². The molecule has 0 saturated heterocycles. The van der Waals surface area contributed by atoms with Crippen molar-refractivity contribution < 1.29 is 37.3 Å². The summed E-state index contributed by atoms with van der Waals surface area (Å²) in [5.74, 6) is -3.58. The highest BCUT2D eigenvalue weighted by atomic mass is 35.5. The zero-order chi connectivity index (χ0) is 18.5. The van der Waals surface area contributed by atoms with Crippen molar-refractivity contribution in [2.24, 2.45) is 10.9 Å². The lowest BCUT2D eigenvalue weighted by molar-refractivity contribution is -0.192. The number of aliphatic carboxylic acids is 1. The number of hydrogen-bond acceptors (Lipinski definition) is 6. The van der Waals surface area contributed by atoms with Crippen molar-refractivity contribution >= 4 is 23.4 Å². The van der Waals surface area contributed by atoms with Gasteiger partial charge in [-0.3, -0.25) is 0 Å². The van der Waals surface area contributed by atoms with Gasteiger partial charge in [0.2, 0.25) is 0 Å². The van der Waals surface area contributed by atoms with Gasteiger partial charge in [-0.2, -0.15) is 13.2 Å². The third-order valence-corrected chi connectivity index (χ3v) is 2.56. The summed E-state index contributed by atoms with van der Waals surface area (Å²) in [7, 11) is 0. The van der Waals surface area contributed by atoms with Crippen LogP contribution in [-0.4, -0.2) is 38.6 Å². The van der Waals surface area contributed by atoms with Crippen LogP contribution in [0.1, 0.15) is 5.69 Å². The van der Waals surface area contributed by atoms with E-state index in [0.717, 1.165) is 0 Å². The molecular formula is C11H7ClF4N4O4. The number of aromatic nitrogens is 2. The molecule has 2 rings (SSSR count). The van der Waals surface area contributed by atoms with Crippen LogP contribution in [0.4, 0.5) is 17.6 Å². The highest BCUT2D eigenvalue weighted by Crippen LogP contribution is 2.25. The number of carbonyl (C=O) groups is 1. The Morgan fingerprint density at radius 1 is 1.33 bits per heavy atom. The van der Waals surface area contributed by atoms with Gasteiger partial charge in [-0.25, -0.2) is 13.8 Å². The maximum atomic E-state index is 13.0. The Kier molecular flexibility index (Phi) is 6.06. The van der Waals surface area contributed by atoms with Crippen molar-refractivity contribution in [2.45, 2.75) is 6.18 Å². The van der Waals surface area contributed by atoms with Crippen LogP contribution in [0.2, 0.25) is 5.02 Å². The average Bonchev–Trinajstić information content (AvgIpc) is 2.98. The van der Waals surface area contributed by atoms with Gasteiger partial charge in [0.1, 0.15) is 11.5 Å². The largest absolute Gasteiger partial charge is 0.490 e. The van der Waals surface area contributed by atoms with E-state index in [1.807, 2.05) is 0 Å². The monoisotopic (exact) mass is 370 g/mol. The van der Waals surface area contributed by atoms with Crippen LogP contribution in [0.15, 0.2) is 28.0 Å². The van der Waals surface area contributed by atoms with Gasteiger partial charge in [-0.15, -0.1) is 0 Å². The molecule has 0 bridgehead atoms. The maximum Gasteiger partial charge on any atom is 0.490 e. The van der Waals surface area contributed by atoms with Crippen molar-refractivity contribution in [2.75, 3.05) is 0 Å². The lowest BCUT2D eigenvalue weighted by Gasteiger charge is -1.99. The van der Waals surface area contributed by atoms with Gasteiger partial charge in [0.05, 0.1) is 5.02 Å². The van der Waals surface area contributed by atoms with E-state index in [4.69, 9.17) is 32.4 Å². The van der Waals surface area contributed by atoms with Crippen LogP contribution in [0, 0.1) is 5.82 Å². The molecule has 13 heteroatoms. The molecule has 0 spiro atoms. The Labute approximate surface area is 135 Å². The van der Waals surface area contributed by atoms with E-state index in [1.54, 1.807) is 0 Å². The number of oxime groups is 1. The number of rotatable bonds is 2. The Balaban J connectivity index is 0.000000351. The third kappa shape index (κ3) is 4.81. The van der Waals surface area contributed by atoms with E-state index in [-0.39, 0.29) is 22.2 Å². The SMILES string of the molecule is NC(=NO)c1nonc1-c1ccc(F)c(Cl)c1.O=C(O)C(F)(F)F. The first kappa shape index (κ1) is 19.2. The van der Waals surface area contributed by atoms with Crippen LogP contribution in [0.25, 0.3) is 11.3 Å². The fourth-order valence-corrected chi connectivity index (χ4v) is 1.42. The van der Waals surface area contributed by atoms with E-state index in [0.29, 0.717) is 5.56 Å². The first-order chi connectivity index (χ1) is 11.1. The van der Waals surface area contributed by atoms with E-state index in [9.17, 15) is 17.6 Å². The number of halogens is 5. The smallest absolute Gasteiger partial charge is 0.475 e. The van der Waals surface area contributed by atoms with Crippen LogP contribution < -0.4 is 5.73 Å². The molecule has 0 saturated carbocycles. The summed E-state index contributed by atoms with van der Waals surface area (Å²) >= 11 is 5.63. The number of benzene rings is 1. The number of nitrogens with two attached hydrogens (primary N) is 1. The van der Waals surface area contributed by atoms with Gasteiger partial charge < -0.3 is 16.0 Å². The molecule has 0 radical (unpaired) electrons. The normalized spacial score (nSPS) is 11.6. The molecule has 1 heterocycles. The number of hydrogen-bond donors (Lipinski definition) is 3. The number of carboxylic acids is 1. The van der Waals surface area contributed by atoms with Crippen molar-refractivity contribution in [3.05, 3.63) is 34.7 Å². The van der Waals surface area contributed by atoms with Crippen LogP contribution >= 0.6 is 11.6 Å². The summed E-state index contributed by atoms with van der Waals surface area (Å²) < 4.78 is 49.2. The van der Waals surface area contributed by atoms with Crippen molar-refractivity contribution in [3.8, 4) is 11.3 Å². The van der Waals surface area contributed by atoms with Gasteiger partial charge in [-0.1, -0.05) is 16.8 Å². The zero-order valence-electron chi connectivity index (χ0n) is 11.3. The molecule has 0 aliphatic rings. The molecule has 24 heavy (non-hydrogen) atoms. The zero-order valence-corrected chi connectivity index (χ0v) is 12.0. The highest BCUT2D eigenvalue weighted by Gasteiger charge is 2.38. The van der Waals surface area contributed by atoms with Crippen LogP contribution in [0.3, 0.4) is 0 Å². The first-order valence-electron chi connectivity index (χ1n) is 5.64. The molecule has 0 fully saturated rings. The van der Waals surface area contributed by atoms with Gasteiger partial charge in [0, 0.05) is 5.56 Å². The van der Waals surface area contributed by atoms with Crippen molar-refractivity contribution in [3.63, 3.8) is 0 Å². The Bertz CT molecular complexity index is 763. The van der Waals surface area contributed by atoms with Gasteiger partial charge in [0.25, 0.3) is 0 Å². The summed E-state index contributed by atoms with van der Waals surface area (Å²) in [6.45, 7) is 0. The molecule has 0 amide bonds. The summed E-state index contributed by atoms with van der Waals surface area (Å²) in [5.41, 5.74) is 6.08. The quantitative estimate of drug-likeness (QED) is 0.242. The van der Waals surface area contributed by atoms with E-state index in [1.165, 1.54) is 18.2 Å². The fraction of sp³-hybridized carbons (Fsp3) is 0.0909. The standard InChI is InChI=1S/C9H6ClFN4O2.C2HF3O2/c10-5-3-4(1-2-6(5)11)7-8(9(12)13-16)15-17-14-7;3-2(4,5)1(6)7/h1-3,16H,(H2,12,13);(H,6,7). The summed E-state index contributed by atoms with van der Waals surface area (Å²) in [5, 5.41) is 25.4. The number of carboxylic acid groups (broad SMARTS) is 1. The lowest BCUT2D eigenvalue weighted by atomic mass is 10.1. The van der Waals surface area contributed by atoms with Crippen molar-refractivity contribution in [1.82, 2.24) is 10.3 Å². The topological polar surface area (TPSA) is 135 Å². The molecule has 2 aromatic rings. The predicted molar refractivity (Wildman–Crippen MR) is 70.9 cm³/mol. The van der Waals surface area contributed by atoms with Gasteiger partial charge in [0.15, 0.2) is 11.5 Å². The van der Waals surface area contributed by atoms with Crippen LogP contribution in [-0.2, 0) is 4.79 Å². The second-order valence-electron chi connectivity index (χ2n) is 3.88. The Morgan fingerprint density at radius 3 is 2.38 bits per heavy atom. The number of alkyl halides is 3. The molecule has 1 aromatic carbocycles. The number of amidine groups is 1. The molecule has 0 aliphatic heterocycles. The second kappa shape index (κ2) is 7.59. The van der Waals surface area contributed by atoms with E-state index >= 15 is 0 Å². The first-order valence-corrected chi connectivity index (χ1v) is 6.01. The minimum Gasteiger partial charge on any atom is -0.475 e. The molecule has 0 atom stereocenters. The minimum absolute atomic E-state index is 0.0511. The predicted octanol–water partition coefficient (Wildman–Crippen LogP) is 2.26. The molecule has 0 aliphatic carbocycles. The maximum absolute atomic E-state index is 13.0. The van der Waals surface area contributed by atoms with E-state index < -0.39 is 18.0 Å². The summed E-state index contributed by atoms with van der Waals surface area (Å²) in [6.07, 6.45) is -5.08. The minimum atomic E-state index is -5.08. The van der Waals surface area contributed by atoms with Gasteiger partial charge >= 0.3 is 12.1 Å². The van der Waals surface area contributed by atoms with Crippen LogP contribution in [0.5, 0.6) is 0 Å². The molecule has 8 nitrogen and oxygen atoms in total. The highest BCUT2D eigenvalue weighted by molar-refractivity contribution is 6.31. The number of nitrogens with zero attached hydrogens (tertiary/aromatic N) is 3. The molecule has 1 aromatic heterocycles. The lowest BCUT2D eigenvalue weighted by Crippen LogP contribution is -2.21. The molecule has 4 N–H and O–H groups in total. The molecular weight excluding hydrogens is 364 g/mol. The van der Waals surface area contributed by atoms with E-state index in [2.05, 4.69) is 20.1 Å². The Morgan fingerprint density at radius 2 is 1.92 bits per heavy atom. The summed E-state index contributed by atoms with van der Waals surface area (Å²) in [4.78, 5) is 8.90. The fourth-order valence-electron chi connectivity index (χ4n) is 1.24. The Hall–Kier alpha value is -2.89. The average molecular weight is 371 g/mol. The molecule has 130 valence electrons. The summed E-state index contributed by atoms with van der Waals surface area (Å²) in [6, 6.07) is 3.93. The third-order valence-electron chi connectivity index (χ3n) is 2.27. The molecule has 0 unspecified atom stereocenters. The second-order valence-corrected chi connectivity index (χ2v) is 4.29.